The van der Waals surface area contributed by atoms with Gasteiger partial charge >= 0.3 is 6.18 Å². The van der Waals surface area contributed by atoms with Crippen molar-refractivity contribution in [2.45, 2.75) is 84.2 Å². The highest BCUT2D eigenvalue weighted by Crippen LogP contribution is 2.34. The lowest BCUT2D eigenvalue weighted by Gasteiger charge is -2.23. The molecule has 0 radical (unpaired) electrons. The number of ether oxygens (including phenoxy) is 2. The number of amides is 1. The molecule has 0 N–H and O–H groups in total. The van der Waals surface area contributed by atoms with Crippen molar-refractivity contribution in [3.8, 4) is 5.75 Å². The first-order valence-electron chi connectivity index (χ1n) is 11.0. The molecule has 1 aliphatic rings. The summed E-state index contributed by atoms with van der Waals surface area (Å²) >= 11 is 1.36. The summed E-state index contributed by atoms with van der Waals surface area (Å²) in [5, 5.41) is 0. The van der Waals surface area contributed by atoms with Gasteiger partial charge in [-0.25, -0.2) is 0 Å². The van der Waals surface area contributed by atoms with Gasteiger partial charge in [-0.05, 0) is 57.2 Å². The number of hydrogen-bond acceptors (Lipinski definition) is 4. The molecule has 0 saturated carbocycles. The average Bonchev–Trinajstić information content (AvgIpc) is 3.30. The SMILES string of the molecule is CC(C)(C)Oc1ccc(C(F)(F)F)cc1C(=O)N=c1sc(C(C)(C)C)cn1C[C@H]1CCCO1. The molecule has 0 spiro atoms. The fourth-order valence-corrected chi connectivity index (χ4v) is 4.45. The Morgan fingerprint density at radius 2 is 1.91 bits per heavy atom. The van der Waals surface area contributed by atoms with E-state index in [9.17, 15) is 18.0 Å². The highest BCUT2D eigenvalue weighted by Gasteiger charge is 2.33. The Morgan fingerprint density at radius 3 is 2.45 bits per heavy atom. The monoisotopic (exact) mass is 484 g/mol. The van der Waals surface area contributed by atoms with E-state index >= 15 is 0 Å². The quantitative estimate of drug-likeness (QED) is 0.538. The molecule has 1 amide bonds. The minimum atomic E-state index is -4.59. The van der Waals surface area contributed by atoms with E-state index in [2.05, 4.69) is 25.8 Å². The van der Waals surface area contributed by atoms with Crippen molar-refractivity contribution in [1.29, 1.82) is 0 Å². The molecule has 0 unspecified atom stereocenters. The number of thiazole rings is 1. The van der Waals surface area contributed by atoms with Gasteiger partial charge in [-0.3, -0.25) is 4.79 Å². The van der Waals surface area contributed by atoms with Crippen LogP contribution in [-0.4, -0.2) is 28.8 Å². The zero-order valence-electron chi connectivity index (χ0n) is 19.9. The average molecular weight is 485 g/mol. The molecule has 3 rings (SSSR count). The van der Waals surface area contributed by atoms with Gasteiger partial charge in [0.05, 0.1) is 23.8 Å². The number of alkyl halides is 3. The van der Waals surface area contributed by atoms with Crippen molar-refractivity contribution in [1.82, 2.24) is 4.57 Å². The third-order valence-electron chi connectivity index (χ3n) is 5.03. The van der Waals surface area contributed by atoms with Crippen molar-refractivity contribution in [3.05, 3.63) is 45.2 Å². The Labute approximate surface area is 196 Å². The van der Waals surface area contributed by atoms with Gasteiger partial charge in [-0.1, -0.05) is 20.8 Å². The number of hydrogen-bond donors (Lipinski definition) is 0. The molecule has 5 nitrogen and oxygen atoms in total. The third-order valence-corrected chi connectivity index (χ3v) is 6.48. The fourth-order valence-electron chi connectivity index (χ4n) is 3.39. The molecular formula is C24H31F3N2O3S. The summed E-state index contributed by atoms with van der Waals surface area (Å²) in [5.74, 6) is -0.703. The van der Waals surface area contributed by atoms with Crippen LogP contribution in [0.5, 0.6) is 5.75 Å². The van der Waals surface area contributed by atoms with E-state index in [-0.39, 0.29) is 22.8 Å². The Bertz CT molecular complexity index is 1070. The van der Waals surface area contributed by atoms with Crippen LogP contribution in [0.15, 0.2) is 29.4 Å². The van der Waals surface area contributed by atoms with E-state index in [1.165, 1.54) is 17.4 Å². The number of benzene rings is 1. The first-order valence-corrected chi connectivity index (χ1v) is 11.8. The smallest absolute Gasteiger partial charge is 0.416 e. The van der Waals surface area contributed by atoms with Gasteiger partial charge in [0, 0.05) is 17.7 Å². The van der Waals surface area contributed by atoms with Crippen LogP contribution in [0, 0.1) is 0 Å². The lowest BCUT2D eigenvalue weighted by atomic mass is 9.95. The van der Waals surface area contributed by atoms with Crippen LogP contribution < -0.4 is 9.54 Å². The van der Waals surface area contributed by atoms with Crippen molar-refractivity contribution in [2.24, 2.45) is 4.99 Å². The first-order chi connectivity index (χ1) is 15.1. The van der Waals surface area contributed by atoms with Gasteiger partial charge in [-0.2, -0.15) is 18.2 Å². The Hall–Kier alpha value is -2.13. The second-order valence-corrected chi connectivity index (χ2v) is 11.3. The number of rotatable bonds is 4. The normalized spacial score (nSPS) is 18.1. The molecule has 0 bridgehead atoms. The van der Waals surface area contributed by atoms with Crippen LogP contribution in [0.25, 0.3) is 0 Å². The van der Waals surface area contributed by atoms with Crippen LogP contribution in [0.2, 0.25) is 0 Å². The van der Waals surface area contributed by atoms with Crippen molar-refractivity contribution >= 4 is 17.2 Å². The van der Waals surface area contributed by atoms with Gasteiger partial charge < -0.3 is 14.0 Å². The first kappa shape index (κ1) is 25.5. The molecule has 1 aromatic heterocycles. The minimum Gasteiger partial charge on any atom is -0.487 e. The number of carbonyl (C=O) groups excluding carboxylic acids is 1. The van der Waals surface area contributed by atoms with E-state index < -0.39 is 23.2 Å². The van der Waals surface area contributed by atoms with Crippen molar-refractivity contribution in [3.63, 3.8) is 0 Å². The zero-order chi connectivity index (χ0) is 24.6. The maximum Gasteiger partial charge on any atom is 0.416 e. The number of carbonyl (C=O) groups is 1. The molecular weight excluding hydrogens is 453 g/mol. The maximum absolute atomic E-state index is 13.4. The van der Waals surface area contributed by atoms with Gasteiger partial charge in [0.15, 0.2) is 4.80 Å². The van der Waals surface area contributed by atoms with Crippen LogP contribution in [-0.2, 0) is 22.9 Å². The fraction of sp³-hybridized carbons (Fsp3) is 0.583. The van der Waals surface area contributed by atoms with Crippen molar-refractivity contribution < 1.29 is 27.4 Å². The molecule has 1 aliphatic heterocycles. The molecule has 1 saturated heterocycles. The Balaban J connectivity index is 2.08. The topological polar surface area (TPSA) is 52.8 Å². The largest absolute Gasteiger partial charge is 0.487 e. The molecule has 9 heteroatoms. The van der Waals surface area contributed by atoms with E-state index in [1.807, 2.05) is 10.8 Å². The van der Waals surface area contributed by atoms with E-state index in [0.29, 0.717) is 18.0 Å². The predicted molar refractivity (Wildman–Crippen MR) is 122 cm³/mol. The van der Waals surface area contributed by atoms with Gasteiger partial charge in [0.25, 0.3) is 5.91 Å². The van der Waals surface area contributed by atoms with Gasteiger partial charge in [-0.15, -0.1) is 11.3 Å². The van der Waals surface area contributed by atoms with E-state index in [0.717, 1.165) is 29.9 Å². The van der Waals surface area contributed by atoms with E-state index in [4.69, 9.17) is 9.47 Å². The van der Waals surface area contributed by atoms with Crippen LogP contribution in [0.3, 0.4) is 0 Å². The highest BCUT2D eigenvalue weighted by atomic mass is 32.1. The highest BCUT2D eigenvalue weighted by molar-refractivity contribution is 7.09. The third kappa shape index (κ3) is 6.69. The summed E-state index contributed by atoms with van der Waals surface area (Å²) < 4.78 is 53.5. The number of aromatic nitrogens is 1. The second kappa shape index (κ2) is 9.25. The minimum absolute atomic E-state index is 0.0230. The molecule has 0 aliphatic carbocycles. The summed E-state index contributed by atoms with van der Waals surface area (Å²) in [5.41, 5.74) is -2.00. The second-order valence-electron chi connectivity index (χ2n) is 10.3. The van der Waals surface area contributed by atoms with E-state index in [1.54, 1.807) is 20.8 Å². The molecule has 1 aromatic carbocycles. The molecule has 33 heavy (non-hydrogen) atoms. The van der Waals surface area contributed by atoms with Gasteiger partial charge in [0.1, 0.15) is 11.4 Å². The molecule has 1 fully saturated rings. The summed E-state index contributed by atoms with van der Waals surface area (Å²) in [6, 6.07) is 2.92. The Kier molecular flexibility index (Phi) is 7.15. The van der Waals surface area contributed by atoms with Crippen LogP contribution >= 0.6 is 11.3 Å². The van der Waals surface area contributed by atoms with Crippen LogP contribution in [0.1, 0.15) is 75.2 Å². The predicted octanol–water partition coefficient (Wildman–Crippen LogP) is 5.96. The number of halogens is 3. The molecule has 1 atom stereocenters. The maximum atomic E-state index is 13.4. The summed E-state index contributed by atoms with van der Waals surface area (Å²) in [4.78, 5) is 18.9. The van der Waals surface area contributed by atoms with Crippen molar-refractivity contribution in [2.75, 3.05) is 6.61 Å². The standard InChI is InChI=1S/C24H31F3N2O3S/c1-22(2,3)19-14-29(13-16-8-7-11-31-16)21(33-19)28-20(30)17-12-15(24(25,26)27)9-10-18(17)32-23(4,5)6/h9-10,12,14,16H,7-8,11,13H2,1-6H3/t16-/m1/s1. The zero-order valence-corrected chi connectivity index (χ0v) is 20.7. The lowest BCUT2D eigenvalue weighted by Crippen LogP contribution is -2.25. The summed E-state index contributed by atoms with van der Waals surface area (Å²) in [7, 11) is 0. The van der Waals surface area contributed by atoms with Crippen LogP contribution in [0.4, 0.5) is 13.2 Å². The summed E-state index contributed by atoms with van der Waals surface area (Å²) in [6.07, 6.45) is -0.716. The lowest BCUT2D eigenvalue weighted by molar-refractivity contribution is -0.137. The molecule has 2 aromatic rings. The number of nitrogens with zero attached hydrogens (tertiary/aromatic N) is 2. The Morgan fingerprint density at radius 1 is 1.21 bits per heavy atom. The molecule has 182 valence electrons. The summed E-state index contributed by atoms with van der Waals surface area (Å²) in [6.45, 7) is 12.7. The van der Waals surface area contributed by atoms with Gasteiger partial charge in [0.2, 0.25) is 0 Å². The molecule has 2 heterocycles.